The van der Waals surface area contributed by atoms with Crippen LogP contribution in [-0.4, -0.2) is 51.5 Å². The van der Waals surface area contributed by atoms with E-state index in [0.29, 0.717) is 17.1 Å². The van der Waals surface area contributed by atoms with Gasteiger partial charge in [-0.1, -0.05) is 36.0 Å². The van der Waals surface area contributed by atoms with Gasteiger partial charge in [0.15, 0.2) is 9.84 Å². The molecule has 9 nitrogen and oxygen atoms in total. The quantitative estimate of drug-likeness (QED) is 0.255. The molecule has 0 aliphatic rings. The lowest BCUT2D eigenvalue weighted by Crippen LogP contribution is -2.50. The summed E-state index contributed by atoms with van der Waals surface area (Å²) in [6.07, 6.45) is -0.187. The molecule has 11 heteroatoms. The van der Waals surface area contributed by atoms with E-state index in [2.05, 4.69) is 5.32 Å². The van der Waals surface area contributed by atoms with Gasteiger partial charge in [0.2, 0.25) is 5.91 Å². The van der Waals surface area contributed by atoms with Gasteiger partial charge in [-0.05, 0) is 42.5 Å². The third-order valence-corrected chi connectivity index (χ3v) is 7.93. The summed E-state index contributed by atoms with van der Waals surface area (Å²) in [5.74, 6) is -1.49. The first-order valence-electron chi connectivity index (χ1n) is 10.8. The molecule has 0 aliphatic carbocycles. The first-order valence-corrected chi connectivity index (χ1v) is 13.2. The van der Waals surface area contributed by atoms with E-state index < -0.39 is 33.4 Å². The van der Waals surface area contributed by atoms with Crippen LogP contribution in [0.5, 0.6) is 11.5 Å². The Morgan fingerprint density at radius 2 is 1.61 bits per heavy atom. The third-order valence-electron chi connectivity index (χ3n) is 5.15. The van der Waals surface area contributed by atoms with Gasteiger partial charge in [-0.3, -0.25) is 14.8 Å². The Balaban J connectivity index is 1.71. The van der Waals surface area contributed by atoms with Crippen molar-refractivity contribution >= 4 is 33.4 Å². The molecule has 0 saturated heterocycles. The lowest BCUT2D eigenvalue weighted by molar-refractivity contribution is -0.133. The highest BCUT2D eigenvalue weighted by Gasteiger charge is 2.28. The Hall–Kier alpha value is -3.54. The molecule has 0 bridgehead atoms. The molecular formula is C25H26N2O7S2. The monoisotopic (exact) mass is 530 g/mol. The lowest BCUT2D eigenvalue weighted by atomic mass is 10.1. The minimum atomic E-state index is -3.98. The summed E-state index contributed by atoms with van der Waals surface area (Å²) in [5.41, 5.74) is 1.93. The smallest absolute Gasteiger partial charge is 0.266 e. The standard InChI is InChI=1S/C25H26N2O7S2/c1-33-18-9-8-17(23(15-18)34-2)14-24(28)26-22(25(29)27-30)16-36(31,32)21-12-10-20(11-13-21)35-19-6-4-3-5-7-19/h3-13,15,22,30H,14,16H2,1-2H3,(H,26,28)(H,27,29). The van der Waals surface area contributed by atoms with Crippen LogP contribution in [-0.2, 0) is 25.8 Å². The second-order valence-corrected chi connectivity index (χ2v) is 10.8. The number of hydrogen-bond acceptors (Lipinski definition) is 8. The fraction of sp³-hybridized carbons (Fsp3) is 0.200. The van der Waals surface area contributed by atoms with Crippen LogP contribution in [0.1, 0.15) is 5.56 Å². The number of nitrogens with one attached hydrogen (secondary N) is 2. The van der Waals surface area contributed by atoms with Crippen molar-refractivity contribution in [2.45, 2.75) is 27.1 Å². The van der Waals surface area contributed by atoms with Gasteiger partial charge in [-0.15, -0.1) is 0 Å². The van der Waals surface area contributed by atoms with Gasteiger partial charge in [0, 0.05) is 21.4 Å². The molecule has 36 heavy (non-hydrogen) atoms. The Labute approximate surface area is 213 Å². The molecule has 0 heterocycles. The van der Waals surface area contributed by atoms with Crippen LogP contribution in [0.2, 0.25) is 0 Å². The van der Waals surface area contributed by atoms with Crippen LogP contribution < -0.4 is 20.3 Å². The van der Waals surface area contributed by atoms with Crippen molar-refractivity contribution in [2.75, 3.05) is 20.0 Å². The zero-order chi connectivity index (χ0) is 26.1. The number of hydroxylamine groups is 1. The molecule has 3 aromatic rings. The maximum absolute atomic E-state index is 13.0. The Bertz CT molecular complexity index is 1300. The maximum atomic E-state index is 13.0. The SMILES string of the molecule is COc1ccc(CC(=O)NC(CS(=O)(=O)c2ccc(Sc3ccccc3)cc2)C(=O)NO)c(OC)c1. The number of rotatable bonds is 11. The van der Waals surface area contributed by atoms with E-state index in [0.717, 1.165) is 9.79 Å². The number of benzene rings is 3. The molecule has 190 valence electrons. The van der Waals surface area contributed by atoms with Crippen molar-refractivity contribution in [3.63, 3.8) is 0 Å². The predicted molar refractivity (Wildman–Crippen MR) is 134 cm³/mol. The molecule has 3 rings (SSSR count). The normalized spacial score (nSPS) is 11.9. The van der Waals surface area contributed by atoms with Crippen LogP contribution in [0.25, 0.3) is 0 Å². The maximum Gasteiger partial charge on any atom is 0.266 e. The van der Waals surface area contributed by atoms with Gasteiger partial charge in [-0.25, -0.2) is 13.9 Å². The summed E-state index contributed by atoms with van der Waals surface area (Å²) in [4.78, 5) is 26.7. The summed E-state index contributed by atoms with van der Waals surface area (Å²) in [5, 5.41) is 11.5. The van der Waals surface area contributed by atoms with Gasteiger partial charge in [-0.2, -0.15) is 0 Å². The summed E-state index contributed by atoms with van der Waals surface area (Å²) in [6.45, 7) is 0. The third kappa shape index (κ3) is 7.23. The fourth-order valence-electron chi connectivity index (χ4n) is 3.33. The summed E-state index contributed by atoms with van der Waals surface area (Å²) in [7, 11) is -1.05. The first kappa shape index (κ1) is 27.1. The van der Waals surface area contributed by atoms with E-state index in [1.165, 1.54) is 43.6 Å². The number of carbonyl (C=O) groups is 2. The Morgan fingerprint density at radius 3 is 2.22 bits per heavy atom. The summed E-state index contributed by atoms with van der Waals surface area (Å²) >= 11 is 1.48. The molecular weight excluding hydrogens is 504 g/mol. The Kier molecular flexibility index (Phi) is 9.34. The molecule has 0 radical (unpaired) electrons. The van der Waals surface area contributed by atoms with Crippen LogP contribution in [0.3, 0.4) is 0 Å². The van der Waals surface area contributed by atoms with E-state index in [4.69, 9.17) is 14.7 Å². The second kappa shape index (κ2) is 12.4. The van der Waals surface area contributed by atoms with Gasteiger partial charge in [0.1, 0.15) is 17.5 Å². The second-order valence-electron chi connectivity index (χ2n) is 7.62. The van der Waals surface area contributed by atoms with E-state index in [9.17, 15) is 18.0 Å². The highest BCUT2D eigenvalue weighted by atomic mass is 32.2. The molecule has 3 N–H and O–H groups in total. The molecule has 0 saturated carbocycles. The van der Waals surface area contributed by atoms with Crippen LogP contribution in [0, 0.1) is 0 Å². The highest BCUT2D eigenvalue weighted by Crippen LogP contribution is 2.28. The predicted octanol–water partition coefficient (Wildman–Crippen LogP) is 2.86. The van der Waals surface area contributed by atoms with Gasteiger partial charge in [0.05, 0.1) is 31.3 Å². The van der Waals surface area contributed by atoms with Gasteiger partial charge < -0.3 is 14.8 Å². The minimum Gasteiger partial charge on any atom is -0.497 e. The van der Waals surface area contributed by atoms with Crippen molar-refractivity contribution in [1.29, 1.82) is 0 Å². The van der Waals surface area contributed by atoms with Crippen molar-refractivity contribution in [2.24, 2.45) is 0 Å². The zero-order valence-corrected chi connectivity index (χ0v) is 21.3. The average molecular weight is 531 g/mol. The van der Waals surface area contributed by atoms with Crippen molar-refractivity contribution in [3.05, 3.63) is 78.4 Å². The van der Waals surface area contributed by atoms with Crippen LogP contribution >= 0.6 is 11.8 Å². The van der Waals surface area contributed by atoms with E-state index >= 15 is 0 Å². The molecule has 0 aromatic heterocycles. The van der Waals surface area contributed by atoms with E-state index in [1.54, 1.807) is 30.3 Å². The largest absolute Gasteiger partial charge is 0.497 e. The van der Waals surface area contributed by atoms with Crippen LogP contribution in [0.4, 0.5) is 0 Å². The zero-order valence-electron chi connectivity index (χ0n) is 19.6. The molecule has 0 aliphatic heterocycles. The number of ether oxygens (including phenoxy) is 2. The number of carbonyl (C=O) groups excluding carboxylic acids is 2. The van der Waals surface area contributed by atoms with Crippen molar-refractivity contribution in [1.82, 2.24) is 10.8 Å². The van der Waals surface area contributed by atoms with E-state index in [1.807, 2.05) is 30.3 Å². The molecule has 0 spiro atoms. The molecule has 3 aromatic carbocycles. The topological polar surface area (TPSA) is 131 Å². The molecule has 1 unspecified atom stereocenters. The van der Waals surface area contributed by atoms with Crippen LogP contribution in [0.15, 0.2) is 87.5 Å². The summed E-state index contributed by atoms with van der Waals surface area (Å²) in [6, 6.07) is 19.2. The number of sulfone groups is 1. The average Bonchev–Trinajstić information content (AvgIpc) is 2.88. The fourth-order valence-corrected chi connectivity index (χ4v) is 5.59. The number of amides is 2. The summed E-state index contributed by atoms with van der Waals surface area (Å²) < 4.78 is 36.4. The van der Waals surface area contributed by atoms with Gasteiger partial charge >= 0.3 is 0 Å². The molecule has 0 fully saturated rings. The molecule has 2 amide bonds. The Morgan fingerprint density at radius 1 is 0.944 bits per heavy atom. The first-order chi connectivity index (χ1) is 17.2. The highest BCUT2D eigenvalue weighted by molar-refractivity contribution is 7.99. The minimum absolute atomic E-state index is 0.0123. The van der Waals surface area contributed by atoms with Gasteiger partial charge in [0.25, 0.3) is 5.91 Å². The van der Waals surface area contributed by atoms with Crippen molar-refractivity contribution < 1.29 is 32.7 Å². The lowest BCUT2D eigenvalue weighted by Gasteiger charge is -2.18. The van der Waals surface area contributed by atoms with E-state index in [-0.39, 0.29) is 11.3 Å². The number of hydrogen-bond donors (Lipinski definition) is 3. The number of methoxy groups -OCH3 is 2. The van der Waals surface area contributed by atoms with Crippen molar-refractivity contribution in [3.8, 4) is 11.5 Å². The molecule has 1 atom stereocenters.